The van der Waals surface area contributed by atoms with E-state index >= 15 is 0 Å². The zero-order valence-corrected chi connectivity index (χ0v) is 15.8. The second kappa shape index (κ2) is 6.58. The predicted octanol–water partition coefficient (Wildman–Crippen LogP) is 2.01. The largest absolute Gasteiger partial charge is 0.352 e. The van der Waals surface area contributed by atoms with Gasteiger partial charge in [0.15, 0.2) is 0 Å². The van der Waals surface area contributed by atoms with Gasteiger partial charge in [-0.2, -0.15) is 0 Å². The Bertz CT molecular complexity index is 969. The normalized spacial score (nSPS) is 22.0. The standard InChI is InChI=1S/C18H21N7OS/c1-19-27-15-5-4-14(23-15)18(26)25-11-2-3-12(25)9-24(8-11)17-13-6-7-20-16(13)21-10-22-17/h4-7,10-12,19,23H,2-3,8-9H2,1H3,(H,20,21,22). The van der Waals surface area contributed by atoms with Crippen LogP contribution in [0, 0.1) is 0 Å². The van der Waals surface area contributed by atoms with Gasteiger partial charge in [0.2, 0.25) is 0 Å². The lowest BCUT2D eigenvalue weighted by Gasteiger charge is -2.41. The minimum atomic E-state index is 0.0968. The molecule has 2 saturated heterocycles. The lowest BCUT2D eigenvalue weighted by atomic mass is 10.1. The summed E-state index contributed by atoms with van der Waals surface area (Å²) in [7, 11) is 1.86. The molecule has 140 valence electrons. The Kier molecular flexibility index (Phi) is 4.05. The summed E-state index contributed by atoms with van der Waals surface area (Å²) in [4.78, 5) is 32.7. The minimum absolute atomic E-state index is 0.0968. The van der Waals surface area contributed by atoms with Crippen LogP contribution in [0.2, 0.25) is 0 Å². The van der Waals surface area contributed by atoms with Gasteiger partial charge < -0.3 is 19.8 Å². The van der Waals surface area contributed by atoms with Crippen molar-refractivity contribution < 1.29 is 4.79 Å². The van der Waals surface area contributed by atoms with Gasteiger partial charge in [0.25, 0.3) is 5.91 Å². The van der Waals surface area contributed by atoms with Gasteiger partial charge in [0.05, 0.1) is 22.5 Å². The van der Waals surface area contributed by atoms with Crippen LogP contribution in [-0.4, -0.2) is 63.0 Å². The Morgan fingerprint density at radius 3 is 2.81 bits per heavy atom. The molecule has 2 aliphatic heterocycles. The molecule has 2 atom stereocenters. The second-order valence-corrected chi connectivity index (χ2v) is 8.03. The molecule has 5 heterocycles. The molecule has 0 aromatic carbocycles. The maximum atomic E-state index is 13.1. The van der Waals surface area contributed by atoms with Crippen molar-refractivity contribution in [2.45, 2.75) is 30.0 Å². The summed E-state index contributed by atoms with van der Waals surface area (Å²) in [6.45, 7) is 1.61. The van der Waals surface area contributed by atoms with Gasteiger partial charge in [-0.05, 0) is 50.0 Å². The van der Waals surface area contributed by atoms with E-state index in [2.05, 4.69) is 34.5 Å². The summed E-state index contributed by atoms with van der Waals surface area (Å²) in [5, 5.41) is 1.98. The zero-order chi connectivity index (χ0) is 18.4. The summed E-state index contributed by atoms with van der Waals surface area (Å²) in [5.74, 6) is 1.05. The monoisotopic (exact) mass is 383 g/mol. The fourth-order valence-electron chi connectivity index (χ4n) is 4.33. The number of fused-ring (bicyclic) bond motifs is 3. The molecular formula is C18H21N7OS. The molecule has 1 amide bonds. The Morgan fingerprint density at radius 2 is 2.04 bits per heavy atom. The van der Waals surface area contributed by atoms with Gasteiger partial charge in [-0.1, -0.05) is 0 Å². The minimum Gasteiger partial charge on any atom is -0.352 e. The average molecular weight is 383 g/mol. The summed E-state index contributed by atoms with van der Waals surface area (Å²) < 4.78 is 3.02. The van der Waals surface area contributed by atoms with Crippen LogP contribution in [0.1, 0.15) is 23.3 Å². The van der Waals surface area contributed by atoms with Crippen LogP contribution < -0.4 is 9.62 Å². The quantitative estimate of drug-likeness (QED) is 0.597. The number of carbonyl (C=O) groups is 1. The van der Waals surface area contributed by atoms with Crippen molar-refractivity contribution in [3.05, 3.63) is 36.4 Å². The molecule has 0 spiro atoms. The van der Waals surface area contributed by atoms with Gasteiger partial charge in [0.1, 0.15) is 23.5 Å². The number of nitrogens with one attached hydrogen (secondary N) is 3. The summed E-state index contributed by atoms with van der Waals surface area (Å²) >= 11 is 1.48. The molecule has 9 heteroatoms. The summed E-state index contributed by atoms with van der Waals surface area (Å²) in [6, 6.07) is 6.26. The third kappa shape index (κ3) is 2.78. The fourth-order valence-corrected chi connectivity index (χ4v) is 4.84. The molecule has 3 aromatic heterocycles. The number of aromatic amines is 2. The van der Waals surface area contributed by atoms with Crippen molar-refractivity contribution in [3.8, 4) is 0 Å². The number of hydrogen-bond donors (Lipinski definition) is 3. The maximum absolute atomic E-state index is 13.1. The van der Waals surface area contributed by atoms with Crippen molar-refractivity contribution in [1.82, 2.24) is 29.6 Å². The molecule has 0 aliphatic carbocycles. The first-order valence-corrected chi connectivity index (χ1v) is 9.94. The van der Waals surface area contributed by atoms with E-state index in [1.807, 2.05) is 31.4 Å². The molecule has 2 fully saturated rings. The highest BCUT2D eigenvalue weighted by Gasteiger charge is 2.43. The van der Waals surface area contributed by atoms with Crippen LogP contribution >= 0.6 is 11.9 Å². The highest BCUT2D eigenvalue weighted by atomic mass is 32.2. The Morgan fingerprint density at radius 1 is 1.22 bits per heavy atom. The SMILES string of the molecule is CNSc1ccc(C(=O)N2C3CCC2CN(c2ncnc4[nH]ccc24)C3)[nH]1. The van der Waals surface area contributed by atoms with E-state index in [-0.39, 0.29) is 18.0 Å². The molecule has 0 radical (unpaired) electrons. The Balaban J connectivity index is 1.38. The lowest BCUT2D eigenvalue weighted by Crippen LogP contribution is -2.56. The third-order valence-electron chi connectivity index (χ3n) is 5.45. The number of hydrogen-bond acceptors (Lipinski definition) is 6. The second-order valence-electron chi connectivity index (χ2n) is 6.98. The highest BCUT2D eigenvalue weighted by molar-refractivity contribution is 7.97. The molecular weight excluding hydrogens is 362 g/mol. The molecule has 2 aliphatic rings. The number of amides is 1. The van der Waals surface area contributed by atoms with Gasteiger partial charge in [-0.3, -0.25) is 9.52 Å². The van der Waals surface area contributed by atoms with Crippen LogP contribution in [0.4, 0.5) is 5.82 Å². The van der Waals surface area contributed by atoms with Gasteiger partial charge >= 0.3 is 0 Å². The Labute approximate surface area is 160 Å². The van der Waals surface area contributed by atoms with Crippen molar-refractivity contribution in [3.63, 3.8) is 0 Å². The van der Waals surface area contributed by atoms with Crippen LogP contribution in [-0.2, 0) is 0 Å². The molecule has 3 aromatic rings. The Hall–Kier alpha value is -2.52. The average Bonchev–Trinajstić information content (AvgIpc) is 3.39. The molecule has 2 bridgehead atoms. The maximum Gasteiger partial charge on any atom is 0.270 e. The van der Waals surface area contributed by atoms with E-state index in [0.717, 1.165) is 47.8 Å². The number of rotatable bonds is 4. The lowest BCUT2D eigenvalue weighted by molar-refractivity contribution is 0.0635. The number of nitrogens with zero attached hydrogens (tertiary/aromatic N) is 4. The third-order valence-corrected chi connectivity index (χ3v) is 6.11. The van der Waals surface area contributed by atoms with Crippen LogP contribution in [0.15, 0.2) is 35.7 Å². The molecule has 5 rings (SSSR count). The predicted molar refractivity (Wildman–Crippen MR) is 105 cm³/mol. The van der Waals surface area contributed by atoms with Gasteiger partial charge in [0, 0.05) is 19.3 Å². The number of H-pyrrole nitrogens is 2. The number of carbonyl (C=O) groups excluding carboxylic acids is 1. The molecule has 3 N–H and O–H groups in total. The van der Waals surface area contributed by atoms with Gasteiger partial charge in [-0.25, -0.2) is 9.97 Å². The molecule has 27 heavy (non-hydrogen) atoms. The van der Waals surface area contributed by atoms with E-state index in [0.29, 0.717) is 5.69 Å². The first kappa shape index (κ1) is 16.6. The molecule has 8 nitrogen and oxygen atoms in total. The smallest absolute Gasteiger partial charge is 0.270 e. The van der Waals surface area contributed by atoms with Crippen LogP contribution in [0.3, 0.4) is 0 Å². The first-order valence-electron chi connectivity index (χ1n) is 9.13. The first-order chi connectivity index (χ1) is 13.2. The van der Waals surface area contributed by atoms with Crippen LogP contribution in [0.5, 0.6) is 0 Å². The van der Waals surface area contributed by atoms with Crippen molar-refractivity contribution in [2.24, 2.45) is 0 Å². The van der Waals surface area contributed by atoms with Crippen molar-refractivity contribution in [2.75, 3.05) is 25.0 Å². The summed E-state index contributed by atoms with van der Waals surface area (Å²) in [6.07, 6.45) is 5.57. The molecule has 2 unspecified atom stereocenters. The van der Waals surface area contributed by atoms with Crippen LogP contribution in [0.25, 0.3) is 11.0 Å². The van der Waals surface area contributed by atoms with E-state index in [9.17, 15) is 4.79 Å². The van der Waals surface area contributed by atoms with E-state index in [1.165, 1.54) is 11.9 Å². The van der Waals surface area contributed by atoms with E-state index in [1.54, 1.807) is 6.33 Å². The van der Waals surface area contributed by atoms with Gasteiger partial charge in [-0.15, -0.1) is 0 Å². The van der Waals surface area contributed by atoms with Crippen molar-refractivity contribution >= 4 is 34.7 Å². The molecule has 0 saturated carbocycles. The zero-order valence-electron chi connectivity index (χ0n) is 15.0. The number of aromatic nitrogens is 4. The fraction of sp³-hybridized carbons (Fsp3) is 0.389. The number of piperazine rings is 1. The summed E-state index contributed by atoms with van der Waals surface area (Å²) in [5.41, 5.74) is 1.51. The van der Waals surface area contributed by atoms with E-state index < -0.39 is 0 Å². The number of anilines is 1. The highest BCUT2D eigenvalue weighted by Crippen LogP contribution is 2.35. The van der Waals surface area contributed by atoms with Crippen molar-refractivity contribution in [1.29, 1.82) is 0 Å². The topological polar surface area (TPSA) is 92.9 Å². The van der Waals surface area contributed by atoms with E-state index in [4.69, 9.17) is 0 Å².